The lowest BCUT2D eigenvalue weighted by atomic mass is 9.83. The average Bonchev–Trinajstić information content (AvgIpc) is 3.00. The number of nitrogens with two attached hydrogens (primary N) is 2. The Morgan fingerprint density at radius 1 is 0.674 bits per heavy atom. The molecule has 5 rings (SSSR count). The molecule has 4 amide bonds. The molecule has 1 aliphatic carbocycles. The van der Waals surface area contributed by atoms with E-state index >= 15 is 0 Å². The highest BCUT2D eigenvalue weighted by atomic mass is 16.5. The van der Waals surface area contributed by atoms with Gasteiger partial charge in [-0.15, -0.1) is 0 Å². The maximum Gasteiger partial charge on any atom is 0.319 e. The number of aromatic nitrogens is 1. The summed E-state index contributed by atoms with van der Waals surface area (Å²) in [6.07, 6.45) is 2.24. The average molecular weight is 580 g/mol. The molecular weight excluding hydrogens is 550 g/mol. The largest absolute Gasteiger partial charge is 0.619 e. The first-order chi connectivity index (χ1) is 20.8. The number of benzene rings is 3. The minimum absolute atomic E-state index is 0.0118. The number of pyridine rings is 1. The summed E-state index contributed by atoms with van der Waals surface area (Å²) in [7, 11) is 0. The first-order valence-electron chi connectivity index (χ1n) is 13.5. The molecule has 1 aliphatic rings. The topological polar surface area (TPSA) is 178 Å². The van der Waals surface area contributed by atoms with E-state index in [0.717, 1.165) is 12.4 Å². The molecule has 1 aromatic heterocycles. The van der Waals surface area contributed by atoms with Crippen LogP contribution in [-0.4, -0.2) is 49.8 Å². The highest BCUT2D eigenvalue weighted by Crippen LogP contribution is 2.36. The van der Waals surface area contributed by atoms with E-state index in [0.29, 0.717) is 27.5 Å². The van der Waals surface area contributed by atoms with E-state index in [1.165, 1.54) is 15.9 Å². The van der Waals surface area contributed by atoms with Crippen LogP contribution in [0.25, 0.3) is 0 Å². The van der Waals surface area contributed by atoms with Gasteiger partial charge >= 0.3 is 12.1 Å². The fourth-order valence-electron chi connectivity index (χ4n) is 5.05. The zero-order valence-electron chi connectivity index (χ0n) is 23.0. The molecule has 0 spiro atoms. The zero-order chi connectivity index (χ0) is 30.5. The van der Waals surface area contributed by atoms with E-state index in [1.54, 1.807) is 60.7 Å². The van der Waals surface area contributed by atoms with Crippen molar-refractivity contribution in [3.05, 3.63) is 119 Å². The monoisotopic (exact) mass is 579 g/mol. The van der Waals surface area contributed by atoms with Crippen LogP contribution in [0.5, 0.6) is 0 Å². The molecule has 0 unspecified atom stereocenters. The lowest BCUT2D eigenvalue weighted by molar-refractivity contribution is -0.605. The van der Waals surface area contributed by atoms with Crippen molar-refractivity contribution in [2.75, 3.05) is 46.6 Å². The molecule has 0 radical (unpaired) electrons. The summed E-state index contributed by atoms with van der Waals surface area (Å²) in [5.41, 5.74) is 13.5. The Kier molecular flexibility index (Phi) is 8.19. The molecule has 4 aromatic rings. The van der Waals surface area contributed by atoms with Crippen molar-refractivity contribution in [3.63, 3.8) is 0 Å². The van der Waals surface area contributed by atoms with E-state index in [4.69, 9.17) is 11.5 Å². The summed E-state index contributed by atoms with van der Waals surface area (Å²) in [5, 5.41) is 18.3. The number of fused-ring (bicyclic) bond motifs is 2. The Labute approximate surface area is 247 Å². The van der Waals surface area contributed by atoms with Gasteiger partial charge in [-0.3, -0.25) is 19.4 Å². The molecular formula is C31H29N7O5. The third-order valence-electron chi connectivity index (χ3n) is 7.05. The van der Waals surface area contributed by atoms with Gasteiger partial charge in [-0.25, -0.2) is 9.59 Å². The number of ketones is 2. The molecule has 6 N–H and O–H groups in total. The zero-order valence-corrected chi connectivity index (χ0v) is 23.0. The van der Waals surface area contributed by atoms with Crippen LogP contribution in [0.15, 0.2) is 91.3 Å². The van der Waals surface area contributed by atoms with Crippen LogP contribution in [0.2, 0.25) is 0 Å². The van der Waals surface area contributed by atoms with Crippen LogP contribution < -0.4 is 36.6 Å². The number of hydrogen-bond donors (Lipinski definition) is 4. The van der Waals surface area contributed by atoms with Crippen LogP contribution in [0.1, 0.15) is 31.8 Å². The first-order valence-corrected chi connectivity index (χ1v) is 13.5. The lowest BCUT2D eigenvalue weighted by Crippen LogP contribution is -2.39. The number of carbonyl (C=O) groups excluding carboxylic acids is 4. The van der Waals surface area contributed by atoms with E-state index in [-0.39, 0.29) is 48.4 Å². The molecule has 0 fully saturated rings. The van der Waals surface area contributed by atoms with Gasteiger partial charge in [0.1, 0.15) is 0 Å². The number of para-hydroxylation sites is 2. The maximum absolute atomic E-state index is 13.7. The van der Waals surface area contributed by atoms with Gasteiger partial charge in [0.2, 0.25) is 5.78 Å². The van der Waals surface area contributed by atoms with Crippen LogP contribution >= 0.6 is 0 Å². The van der Waals surface area contributed by atoms with Gasteiger partial charge in [-0.2, -0.15) is 4.73 Å². The number of nitrogens with one attached hydrogen (secondary N) is 2. The third kappa shape index (κ3) is 5.93. The van der Waals surface area contributed by atoms with Gasteiger partial charge in [0.25, 0.3) is 0 Å². The summed E-state index contributed by atoms with van der Waals surface area (Å²) in [6.45, 7) is 0.777. The van der Waals surface area contributed by atoms with E-state index in [1.807, 2.05) is 12.1 Å². The van der Waals surface area contributed by atoms with Crippen LogP contribution in [0.3, 0.4) is 0 Å². The number of anilines is 4. The quantitative estimate of drug-likeness (QED) is 0.145. The minimum atomic E-state index is -0.643. The standard InChI is InChI=1S/C31H29N7O5/c32-30(41)37(20-7-3-1-4-8-20)17-14-34-24-11-12-25(35-15-18-38(31(33)42)21-9-5-2-6-10-21)27-26(24)28(39)22-13-16-36(43)19-23(22)29(27)40/h1-13,16,19,34-35H,14-15,17-18H2,(H2,32,41)(H2,33,42). The second-order valence-electron chi connectivity index (χ2n) is 9.71. The molecule has 12 heteroatoms. The Morgan fingerprint density at radius 3 is 1.56 bits per heavy atom. The van der Waals surface area contributed by atoms with Crippen molar-refractivity contribution in [1.29, 1.82) is 0 Å². The van der Waals surface area contributed by atoms with Crippen molar-refractivity contribution < 1.29 is 23.9 Å². The van der Waals surface area contributed by atoms with Crippen LogP contribution in [0, 0.1) is 5.21 Å². The normalized spacial score (nSPS) is 11.7. The smallest absolute Gasteiger partial charge is 0.319 e. The lowest BCUT2D eigenvalue weighted by Gasteiger charge is -2.25. The van der Waals surface area contributed by atoms with E-state index in [2.05, 4.69) is 10.6 Å². The predicted octanol–water partition coefficient (Wildman–Crippen LogP) is 3.09. The second-order valence-corrected chi connectivity index (χ2v) is 9.71. The number of nitrogens with zero attached hydrogens (tertiary/aromatic N) is 3. The summed E-state index contributed by atoms with van der Waals surface area (Å²) in [6, 6.07) is 21.2. The Hall–Kier alpha value is -5.91. The predicted molar refractivity (Wildman–Crippen MR) is 162 cm³/mol. The van der Waals surface area contributed by atoms with Gasteiger partial charge in [0.15, 0.2) is 18.2 Å². The molecule has 1 heterocycles. The second kappa shape index (κ2) is 12.3. The highest BCUT2D eigenvalue weighted by Gasteiger charge is 2.35. The molecule has 0 saturated heterocycles. The van der Waals surface area contributed by atoms with Gasteiger partial charge in [0.05, 0.1) is 16.7 Å². The summed E-state index contributed by atoms with van der Waals surface area (Å²) >= 11 is 0. The van der Waals surface area contributed by atoms with Crippen LogP contribution in [-0.2, 0) is 0 Å². The molecule has 3 aromatic carbocycles. The van der Waals surface area contributed by atoms with Crippen molar-refractivity contribution in [1.82, 2.24) is 0 Å². The van der Waals surface area contributed by atoms with Gasteiger partial charge in [-0.05, 0) is 36.4 Å². The number of amides is 4. The number of rotatable bonds is 10. The van der Waals surface area contributed by atoms with E-state index in [9.17, 15) is 24.4 Å². The fraction of sp³-hybridized carbons (Fsp3) is 0.129. The maximum atomic E-state index is 13.7. The van der Waals surface area contributed by atoms with E-state index < -0.39 is 23.6 Å². The Bertz CT molecular complexity index is 1700. The molecule has 0 aliphatic heterocycles. The van der Waals surface area contributed by atoms with Gasteiger partial charge < -0.3 is 27.3 Å². The SMILES string of the molecule is NC(=O)N(CCNc1ccc(NCCN(C(N)=O)c2ccccc2)c2c1C(=O)c1cc[n+]([O-])cc1C2=O)c1ccccc1. The summed E-state index contributed by atoms with van der Waals surface area (Å²) in [5.74, 6) is -0.937. The molecule has 12 nitrogen and oxygen atoms in total. The minimum Gasteiger partial charge on any atom is -0.619 e. The van der Waals surface area contributed by atoms with Crippen molar-refractivity contribution in [2.24, 2.45) is 11.5 Å². The van der Waals surface area contributed by atoms with Crippen molar-refractivity contribution in [2.45, 2.75) is 0 Å². The van der Waals surface area contributed by atoms with Crippen molar-refractivity contribution in [3.8, 4) is 0 Å². The third-order valence-corrected chi connectivity index (χ3v) is 7.05. The molecule has 43 heavy (non-hydrogen) atoms. The Morgan fingerprint density at radius 2 is 1.12 bits per heavy atom. The number of urea groups is 2. The molecule has 0 saturated carbocycles. The van der Waals surface area contributed by atoms with Crippen molar-refractivity contribution >= 4 is 46.4 Å². The molecule has 218 valence electrons. The van der Waals surface area contributed by atoms with Gasteiger partial charge in [0, 0.05) is 60.6 Å². The van der Waals surface area contributed by atoms with Crippen LogP contribution in [0.4, 0.5) is 32.3 Å². The Balaban J connectivity index is 1.43. The fourth-order valence-corrected chi connectivity index (χ4v) is 5.05. The number of primary amides is 2. The first kappa shape index (κ1) is 28.6. The molecule has 0 bridgehead atoms. The number of carbonyl (C=O) groups is 4. The molecule has 0 atom stereocenters. The summed E-state index contributed by atoms with van der Waals surface area (Å²) in [4.78, 5) is 54.5. The summed E-state index contributed by atoms with van der Waals surface area (Å²) < 4.78 is 0.469. The number of hydrogen-bond acceptors (Lipinski definition) is 7. The highest BCUT2D eigenvalue weighted by molar-refractivity contribution is 6.31. The van der Waals surface area contributed by atoms with Gasteiger partial charge in [-0.1, -0.05) is 36.4 Å².